The van der Waals surface area contributed by atoms with Gasteiger partial charge in [0.2, 0.25) is 5.41 Å². The average molecular weight is 164 g/mol. The van der Waals surface area contributed by atoms with Crippen molar-refractivity contribution in [2.75, 3.05) is 6.61 Å². The van der Waals surface area contributed by atoms with E-state index in [1.54, 1.807) is 12.1 Å². The first-order valence-corrected chi connectivity index (χ1v) is 3.75. The minimum absolute atomic E-state index is 0.291. The number of nitriles is 2. The van der Waals surface area contributed by atoms with E-state index < -0.39 is 11.4 Å². The molecule has 0 N–H and O–H groups in total. The van der Waals surface area contributed by atoms with Crippen LogP contribution in [0.4, 0.5) is 0 Å². The van der Waals surface area contributed by atoms with Gasteiger partial charge >= 0.3 is 5.97 Å². The van der Waals surface area contributed by atoms with Crippen LogP contribution in [0.5, 0.6) is 0 Å². The lowest BCUT2D eigenvalue weighted by Gasteiger charge is -2.11. The highest BCUT2D eigenvalue weighted by Crippen LogP contribution is 2.27. The monoisotopic (exact) mass is 164 g/mol. The van der Waals surface area contributed by atoms with Gasteiger partial charge in [-0.15, -0.1) is 0 Å². The maximum absolute atomic E-state index is 11.1. The van der Waals surface area contributed by atoms with Gasteiger partial charge in [-0.25, -0.2) is 4.79 Å². The van der Waals surface area contributed by atoms with Crippen LogP contribution in [-0.4, -0.2) is 12.6 Å². The van der Waals surface area contributed by atoms with Gasteiger partial charge in [0.05, 0.1) is 18.7 Å². The van der Waals surface area contributed by atoms with Gasteiger partial charge < -0.3 is 4.74 Å². The lowest BCUT2D eigenvalue weighted by atomic mass is 9.87. The molecule has 0 atom stereocenters. The van der Waals surface area contributed by atoms with Crippen molar-refractivity contribution in [3.8, 4) is 12.1 Å². The Balaban J connectivity index is 2.92. The molecule has 0 amide bonds. The van der Waals surface area contributed by atoms with Crippen molar-refractivity contribution in [3.63, 3.8) is 0 Å². The van der Waals surface area contributed by atoms with Crippen molar-refractivity contribution in [2.24, 2.45) is 5.41 Å². The van der Waals surface area contributed by atoms with E-state index in [2.05, 4.69) is 0 Å². The maximum Gasteiger partial charge on any atom is 0.341 e. The zero-order chi connectivity index (χ0) is 9.03. The zero-order valence-electron chi connectivity index (χ0n) is 6.54. The van der Waals surface area contributed by atoms with Gasteiger partial charge in [0, 0.05) is 0 Å². The molecule has 1 rings (SSSR count). The number of cyclic esters (lactones) is 1. The molecule has 1 heterocycles. The van der Waals surface area contributed by atoms with Gasteiger partial charge in [-0.1, -0.05) is 0 Å². The predicted octanol–water partition coefficient (Wildman–Crippen LogP) is 0.747. The van der Waals surface area contributed by atoms with Crippen LogP contribution in [0.2, 0.25) is 0 Å². The van der Waals surface area contributed by atoms with Gasteiger partial charge in [0.1, 0.15) is 0 Å². The van der Waals surface area contributed by atoms with Gasteiger partial charge in [0.25, 0.3) is 0 Å². The van der Waals surface area contributed by atoms with Crippen molar-refractivity contribution in [3.05, 3.63) is 0 Å². The van der Waals surface area contributed by atoms with E-state index >= 15 is 0 Å². The largest absolute Gasteiger partial charge is 0.464 e. The minimum atomic E-state index is -1.55. The Kier molecular flexibility index (Phi) is 2.30. The van der Waals surface area contributed by atoms with Crippen molar-refractivity contribution in [2.45, 2.75) is 19.3 Å². The Bertz CT molecular complexity index is 258. The molecule has 0 bridgehead atoms. The molecule has 0 aromatic carbocycles. The second kappa shape index (κ2) is 3.23. The summed E-state index contributed by atoms with van der Waals surface area (Å²) >= 11 is 0. The third-order valence-electron chi connectivity index (χ3n) is 1.91. The number of hydrogen-bond donors (Lipinski definition) is 0. The molecule has 4 heteroatoms. The predicted molar refractivity (Wildman–Crippen MR) is 38.5 cm³/mol. The molecule has 1 aliphatic heterocycles. The van der Waals surface area contributed by atoms with Crippen LogP contribution in [0, 0.1) is 28.1 Å². The van der Waals surface area contributed by atoms with Crippen molar-refractivity contribution in [1.82, 2.24) is 0 Å². The third kappa shape index (κ3) is 1.24. The number of rotatable bonds is 0. The molecule has 62 valence electrons. The highest BCUT2D eigenvalue weighted by Gasteiger charge is 2.41. The number of hydrogen-bond acceptors (Lipinski definition) is 4. The van der Waals surface area contributed by atoms with Gasteiger partial charge in [-0.05, 0) is 19.3 Å². The summed E-state index contributed by atoms with van der Waals surface area (Å²) in [5, 5.41) is 17.3. The fourth-order valence-electron chi connectivity index (χ4n) is 1.11. The highest BCUT2D eigenvalue weighted by molar-refractivity contribution is 5.83. The molecule has 0 saturated carbocycles. The topological polar surface area (TPSA) is 73.9 Å². The van der Waals surface area contributed by atoms with Crippen molar-refractivity contribution in [1.29, 1.82) is 10.5 Å². The lowest BCUT2D eigenvalue weighted by molar-refractivity contribution is -0.148. The lowest BCUT2D eigenvalue weighted by Crippen LogP contribution is -2.28. The smallest absolute Gasteiger partial charge is 0.341 e. The highest BCUT2D eigenvalue weighted by atomic mass is 16.5. The van der Waals surface area contributed by atoms with Crippen molar-refractivity contribution >= 4 is 5.97 Å². The molecule has 0 aromatic rings. The third-order valence-corrected chi connectivity index (χ3v) is 1.91. The van der Waals surface area contributed by atoms with Crippen LogP contribution in [0.3, 0.4) is 0 Å². The second-order valence-corrected chi connectivity index (χ2v) is 2.72. The summed E-state index contributed by atoms with van der Waals surface area (Å²) in [6.07, 6.45) is 1.71. The molecule has 0 radical (unpaired) electrons. The SMILES string of the molecule is N#CC1(C#N)CCCCOC1=O. The Hall–Kier alpha value is -1.55. The van der Waals surface area contributed by atoms with E-state index in [9.17, 15) is 4.79 Å². The Morgan fingerprint density at radius 2 is 2.00 bits per heavy atom. The van der Waals surface area contributed by atoms with Crippen molar-refractivity contribution < 1.29 is 9.53 Å². The van der Waals surface area contributed by atoms with Crippen LogP contribution >= 0.6 is 0 Å². The van der Waals surface area contributed by atoms with E-state index in [0.29, 0.717) is 19.4 Å². The molecular weight excluding hydrogens is 156 g/mol. The Labute approximate surface area is 70.3 Å². The van der Waals surface area contributed by atoms with Crippen LogP contribution in [0.1, 0.15) is 19.3 Å². The van der Waals surface area contributed by atoms with Crippen LogP contribution in [-0.2, 0) is 9.53 Å². The summed E-state index contributed by atoms with van der Waals surface area (Å²) in [6.45, 7) is 0.323. The molecule has 1 fully saturated rings. The average Bonchev–Trinajstić information content (AvgIpc) is 2.28. The number of ether oxygens (including phenoxy) is 1. The molecule has 0 aliphatic carbocycles. The fraction of sp³-hybridized carbons (Fsp3) is 0.625. The zero-order valence-corrected chi connectivity index (χ0v) is 6.54. The van der Waals surface area contributed by atoms with E-state index in [1.165, 1.54) is 0 Å². The fourth-order valence-corrected chi connectivity index (χ4v) is 1.11. The summed E-state index contributed by atoms with van der Waals surface area (Å²) in [7, 11) is 0. The number of esters is 1. The quantitative estimate of drug-likeness (QED) is 0.495. The van der Waals surface area contributed by atoms with E-state index in [0.717, 1.165) is 6.42 Å². The normalized spacial score (nSPS) is 21.3. The van der Waals surface area contributed by atoms with Crippen LogP contribution in [0.25, 0.3) is 0 Å². The molecule has 0 spiro atoms. The number of carbonyl (C=O) groups is 1. The van der Waals surface area contributed by atoms with Gasteiger partial charge in [-0.3, -0.25) is 0 Å². The molecule has 4 nitrogen and oxygen atoms in total. The van der Waals surface area contributed by atoms with E-state index in [-0.39, 0.29) is 0 Å². The summed E-state index contributed by atoms with van der Waals surface area (Å²) in [5.74, 6) is -0.690. The summed E-state index contributed by atoms with van der Waals surface area (Å²) in [6, 6.07) is 3.44. The van der Waals surface area contributed by atoms with Crippen LogP contribution in [0.15, 0.2) is 0 Å². The van der Waals surface area contributed by atoms with E-state index in [1.807, 2.05) is 0 Å². The molecular formula is C8H8N2O2. The first kappa shape index (κ1) is 8.55. The Morgan fingerprint density at radius 3 is 2.58 bits per heavy atom. The number of carbonyl (C=O) groups excluding carboxylic acids is 1. The molecule has 0 aromatic heterocycles. The first-order valence-electron chi connectivity index (χ1n) is 3.75. The molecule has 1 saturated heterocycles. The summed E-state index contributed by atoms with van der Waals surface area (Å²) < 4.78 is 4.72. The molecule has 0 unspecified atom stereocenters. The number of nitrogens with zero attached hydrogens (tertiary/aromatic N) is 2. The summed E-state index contributed by atoms with van der Waals surface area (Å²) in [5.41, 5.74) is -1.55. The van der Waals surface area contributed by atoms with Gasteiger partial charge in [0.15, 0.2) is 0 Å². The first-order chi connectivity index (χ1) is 5.75. The standard InChI is InChI=1S/C8H8N2O2/c9-5-8(6-10)3-1-2-4-12-7(8)11/h1-4H2. The minimum Gasteiger partial charge on any atom is -0.464 e. The second-order valence-electron chi connectivity index (χ2n) is 2.72. The molecule has 1 aliphatic rings. The maximum atomic E-state index is 11.1. The van der Waals surface area contributed by atoms with Gasteiger partial charge in [-0.2, -0.15) is 10.5 Å². The van der Waals surface area contributed by atoms with E-state index in [4.69, 9.17) is 15.3 Å². The summed E-state index contributed by atoms with van der Waals surface area (Å²) in [4.78, 5) is 11.1. The Morgan fingerprint density at radius 1 is 1.33 bits per heavy atom. The molecule has 12 heavy (non-hydrogen) atoms. The van der Waals surface area contributed by atoms with Crippen LogP contribution < -0.4 is 0 Å².